The van der Waals surface area contributed by atoms with Crippen molar-refractivity contribution in [2.75, 3.05) is 13.1 Å². The number of aliphatic hydroxyl groups is 1. The molecule has 1 saturated heterocycles. The third-order valence-corrected chi connectivity index (χ3v) is 5.38. The van der Waals surface area contributed by atoms with E-state index in [4.69, 9.17) is 4.74 Å². The normalized spacial score (nSPS) is 20.0. The Balaban J connectivity index is 1.44. The smallest absolute Gasteiger partial charge is 0.127 e. The first kappa shape index (κ1) is 19.4. The van der Waals surface area contributed by atoms with Crippen molar-refractivity contribution in [1.82, 2.24) is 4.90 Å². The van der Waals surface area contributed by atoms with Gasteiger partial charge in [0.1, 0.15) is 11.5 Å². The first-order valence-corrected chi connectivity index (χ1v) is 10.2. The Labute approximate surface area is 172 Å². The maximum absolute atomic E-state index is 10.2. The van der Waals surface area contributed by atoms with Gasteiger partial charge in [-0.05, 0) is 48.2 Å². The van der Waals surface area contributed by atoms with Gasteiger partial charge in [-0.1, -0.05) is 72.8 Å². The van der Waals surface area contributed by atoms with Crippen LogP contribution in [0.25, 0.3) is 6.08 Å². The van der Waals surface area contributed by atoms with Gasteiger partial charge in [0.25, 0.3) is 0 Å². The molecule has 0 saturated carbocycles. The molecule has 1 heterocycles. The van der Waals surface area contributed by atoms with Gasteiger partial charge < -0.3 is 9.84 Å². The third kappa shape index (κ3) is 5.35. The van der Waals surface area contributed by atoms with Gasteiger partial charge in [-0.2, -0.15) is 0 Å². The number of likely N-dealkylation sites (tertiary alicyclic amines) is 1. The van der Waals surface area contributed by atoms with Crippen molar-refractivity contribution in [3.05, 3.63) is 102 Å². The molecule has 3 aromatic rings. The van der Waals surface area contributed by atoms with Gasteiger partial charge in [0.15, 0.2) is 0 Å². The van der Waals surface area contributed by atoms with Crippen molar-refractivity contribution in [1.29, 1.82) is 0 Å². The van der Waals surface area contributed by atoms with Gasteiger partial charge in [-0.15, -0.1) is 0 Å². The summed E-state index contributed by atoms with van der Waals surface area (Å²) in [6.07, 6.45) is 5.73. The van der Waals surface area contributed by atoms with Crippen molar-refractivity contribution in [3.8, 4) is 11.5 Å². The van der Waals surface area contributed by atoms with Crippen LogP contribution in [0, 0.1) is 0 Å². The zero-order chi connectivity index (χ0) is 19.9. The van der Waals surface area contributed by atoms with Gasteiger partial charge in [-0.25, -0.2) is 0 Å². The van der Waals surface area contributed by atoms with Crippen LogP contribution in [-0.2, 0) is 0 Å². The molecule has 1 aliphatic rings. The van der Waals surface area contributed by atoms with E-state index in [0.717, 1.165) is 37.4 Å². The van der Waals surface area contributed by atoms with Crippen LogP contribution < -0.4 is 4.74 Å². The first-order chi connectivity index (χ1) is 14.3. The van der Waals surface area contributed by atoms with E-state index in [9.17, 15) is 5.11 Å². The van der Waals surface area contributed by atoms with Crippen molar-refractivity contribution in [3.63, 3.8) is 0 Å². The summed E-state index contributed by atoms with van der Waals surface area (Å²) in [4.78, 5) is 2.44. The molecule has 3 aromatic carbocycles. The molecule has 0 amide bonds. The fourth-order valence-electron chi connectivity index (χ4n) is 3.83. The molecule has 0 radical (unpaired) electrons. The molecule has 0 aromatic heterocycles. The molecule has 148 valence electrons. The lowest BCUT2D eigenvalue weighted by molar-refractivity contribution is 0.0473. The highest BCUT2D eigenvalue weighted by Crippen LogP contribution is 2.32. The highest BCUT2D eigenvalue weighted by Gasteiger charge is 2.27. The molecule has 0 aliphatic carbocycles. The van der Waals surface area contributed by atoms with Crippen LogP contribution in [-0.4, -0.2) is 29.2 Å². The minimum Gasteiger partial charge on any atom is -0.457 e. The Bertz CT molecular complexity index is 906. The summed E-state index contributed by atoms with van der Waals surface area (Å²) in [6, 6.07) is 28.7. The predicted molar refractivity (Wildman–Crippen MR) is 118 cm³/mol. The average molecular weight is 386 g/mol. The second kappa shape index (κ2) is 9.55. The van der Waals surface area contributed by atoms with Crippen LogP contribution >= 0.6 is 0 Å². The number of benzene rings is 3. The zero-order valence-electron chi connectivity index (χ0n) is 16.5. The first-order valence-electron chi connectivity index (χ1n) is 10.2. The van der Waals surface area contributed by atoms with E-state index in [1.54, 1.807) is 0 Å². The van der Waals surface area contributed by atoms with Crippen LogP contribution in [0.4, 0.5) is 0 Å². The molecule has 1 fully saturated rings. The number of nitrogens with zero attached hydrogens (tertiary/aromatic N) is 1. The van der Waals surface area contributed by atoms with Gasteiger partial charge >= 0.3 is 0 Å². The van der Waals surface area contributed by atoms with E-state index < -0.39 is 0 Å². The molecule has 0 spiro atoms. The van der Waals surface area contributed by atoms with Crippen molar-refractivity contribution in [2.45, 2.75) is 25.0 Å². The predicted octanol–water partition coefficient (Wildman–Crippen LogP) is 5.69. The molecule has 3 nitrogen and oxygen atoms in total. The van der Waals surface area contributed by atoms with Gasteiger partial charge in [0, 0.05) is 19.1 Å². The van der Waals surface area contributed by atoms with Crippen LogP contribution in [0.15, 0.2) is 91.0 Å². The summed E-state index contributed by atoms with van der Waals surface area (Å²) in [6.45, 7) is 1.77. The maximum atomic E-state index is 10.2. The van der Waals surface area contributed by atoms with Crippen LogP contribution in [0.1, 0.15) is 30.0 Å². The fourth-order valence-corrected chi connectivity index (χ4v) is 3.83. The molecular formula is C26H27NO2. The van der Waals surface area contributed by atoms with Crippen molar-refractivity contribution in [2.24, 2.45) is 0 Å². The zero-order valence-corrected chi connectivity index (χ0v) is 16.5. The molecule has 0 bridgehead atoms. The second-order valence-corrected chi connectivity index (χ2v) is 7.49. The van der Waals surface area contributed by atoms with Crippen LogP contribution in [0.5, 0.6) is 11.5 Å². The van der Waals surface area contributed by atoms with E-state index in [1.807, 2.05) is 48.5 Å². The Morgan fingerprint density at radius 1 is 0.862 bits per heavy atom. The van der Waals surface area contributed by atoms with Gasteiger partial charge in [0.05, 0.1) is 6.10 Å². The van der Waals surface area contributed by atoms with E-state index in [2.05, 4.69) is 53.5 Å². The molecule has 2 atom stereocenters. The number of aliphatic hydroxyl groups excluding tert-OH is 1. The summed E-state index contributed by atoms with van der Waals surface area (Å²) in [7, 11) is 0. The van der Waals surface area contributed by atoms with Crippen molar-refractivity contribution < 1.29 is 9.84 Å². The number of para-hydroxylation sites is 1. The largest absolute Gasteiger partial charge is 0.457 e. The number of piperidine rings is 1. The second-order valence-electron chi connectivity index (χ2n) is 7.49. The Hall–Kier alpha value is -2.88. The standard InChI is InChI=1S/C26H27NO2/c28-23-17-19-27(18-7-10-21-8-3-1-4-9-21)26(20-23)22-13-15-25(16-14-22)29-24-11-5-2-6-12-24/h1-16,23,26,28H,17-20H2. The number of hydrogen-bond acceptors (Lipinski definition) is 3. The number of ether oxygens (including phenoxy) is 1. The summed E-state index contributed by atoms with van der Waals surface area (Å²) in [5, 5.41) is 10.2. The lowest BCUT2D eigenvalue weighted by atomic mass is 9.93. The van der Waals surface area contributed by atoms with E-state index in [0.29, 0.717) is 0 Å². The molecule has 1 N–H and O–H groups in total. The fraction of sp³-hybridized carbons (Fsp3) is 0.231. The minimum atomic E-state index is -0.241. The third-order valence-electron chi connectivity index (χ3n) is 5.38. The number of hydrogen-bond donors (Lipinski definition) is 1. The Kier molecular flexibility index (Phi) is 6.40. The van der Waals surface area contributed by atoms with E-state index in [1.165, 1.54) is 11.1 Å². The minimum absolute atomic E-state index is 0.213. The summed E-state index contributed by atoms with van der Waals surface area (Å²) >= 11 is 0. The molecule has 4 rings (SSSR count). The monoisotopic (exact) mass is 385 g/mol. The SMILES string of the molecule is OC1CCN(CC=Cc2ccccc2)C(c2ccc(Oc3ccccc3)cc2)C1. The average Bonchev–Trinajstić information content (AvgIpc) is 2.77. The summed E-state index contributed by atoms with van der Waals surface area (Å²) < 4.78 is 5.91. The van der Waals surface area contributed by atoms with Crippen LogP contribution in [0.3, 0.4) is 0 Å². The van der Waals surface area contributed by atoms with Crippen molar-refractivity contribution >= 4 is 6.08 Å². The lowest BCUT2D eigenvalue weighted by Gasteiger charge is -2.37. The molecule has 3 heteroatoms. The lowest BCUT2D eigenvalue weighted by Crippen LogP contribution is -2.38. The summed E-state index contributed by atoms with van der Waals surface area (Å²) in [5.41, 5.74) is 2.43. The molecular weight excluding hydrogens is 358 g/mol. The highest BCUT2D eigenvalue weighted by molar-refractivity contribution is 5.48. The molecule has 2 unspecified atom stereocenters. The Morgan fingerprint density at radius 3 is 2.24 bits per heavy atom. The molecule has 1 aliphatic heterocycles. The topological polar surface area (TPSA) is 32.7 Å². The van der Waals surface area contributed by atoms with Gasteiger partial charge in [0.2, 0.25) is 0 Å². The van der Waals surface area contributed by atoms with Crippen LogP contribution in [0.2, 0.25) is 0 Å². The number of rotatable bonds is 6. The van der Waals surface area contributed by atoms with E-state index >= 15 is 0 Å². The summed E-state index contributed by atoms with van der Waals surface area (Å²) in [5.74, 6) is 1.66. The quantitative estimate of drug-likeness (QED) is 0.592. The van der Waals surface area contributed by atoms with E-state index in [-0.39, 0.29) is 12.1 Å². The molecule has 29 heavy (non-hydrogen) atoms. The maximum Gasteiger partial charge on any atom is 0.127 e. The highest BCUT2D eigenvalue weighted by atomic mass is 16.5. The Morgan fingerprint density at radius 2 is 1.52 bits per heavy atom. The van der Waals surface area contributed by atoms with Gasteiger partial charge in [-0.3, -0.25) is 4.90 Å².